The molecule has 2 aliphatic rings. The number of nitrogens with zero attached hydrogens (tertiary/aromatic N) is 1. The van der Waals surface area contributed by atoms with Crippen LogP contribution in [0, 0.1) is 5.92 Å². The van der Waals surface area contributed by atoms with Gasteiger partial charge in [-0.25, -0.2) is 0 Å². The van der Waals surface area contributed by atoms with Gasteiger partial charge in [0.15, 0.2) is 0 Å². The first-order chi connectivity index (χ1) is 8.99. The molecule has 3 rings (SSSR count). The van der Waals surface area contributed by atoms with Crippen LogP contribution in [0.15, 0.2) is 18.2 Å². The van der Waals surface area contributed by atoms with Crippen LogP contribution in [0.25, 0.3) is 0 Å². The lowest BCUT2D eigenvalue weighted by molar-refractivity contribution is -0.137. The number of fused-ring (bicyclic) bond motifs is 2. The molecule has 1 aliphatic heterocycles. The summed E-state index contributed by atoms with van der Waals surface area (Å²) in [4.78, 5) is 2.25. The maximum atomic E-state index is 12.7. The first-order valence-corrected chi connectivity index (χ1v) is 6.66. The average molecular weight is 270 g/mol. The molecule has 2 nitrogen and oxygen atoms in total. The van der Waals surface area contributed by atoms with Gasteiger partial charge >= 0.3 is 6.18 Å². The maximum absolute atomic E-state index is 12.7. The summed E-state index contributed by atoms with van der Waals surface area (Å²) in [6.45, 7) is 1.11. The average Bonchev–Trinajstić information content (AvgIpc) is 2.99. The Balaban J connectivity index is 1.94. The lowest BCUT2D eigenvalue weighted by Crippen LogP contribution is -2.33. The summed E-state index contributed by atoms with van der Waals surface area (Å²) in [5, 5.41) is 0. The molecule has 1 heterocycles. The molecule has 0 radical (unpaired) electrons. The third-order valence-electron chi connectivity index (χ3n) is 4.35. The highest BCUT2D eigenvalue weighted by atomic mass is 19.4. The molecule has 1 saturated heterocycles. The zero-order valence-electron chi connectivity index (χ0n) is 10.6. The fourth-order valence-electron chi connectivity index (χ4n) is 3.43. The van der Waals surface area contributed by atoms with Gasteiger partial charge in [0.25, 0.3) is 0 Å². The quantitative estimate of drug-likeness (QED) is 0.894. The second kappa shape index (κ2) is 4.40. The largest absolute Gasteiger partial charge is 0.416 e. The summed E-state index contributed by atoms with van der Waals surface area (Å²) >= 11 is 0. The van der Waals surface area contributed by atoms with Crippen molar-refractivity contribution >= 4 is 5.69 Å². The third-order valence-corrected chi connectivity index (χ3v) is 4.35. The highest BCUT2D eigenvalue weighted by Gasteiger charge is 2.39. The molecular formula is C14H17F3N2. The minimum atomic E-state index is -4.30. The van der Waals surface area contributed by atoms with Gasteiger partial charge in [-0.15, -0.1) is 0 Å². The molecule has 2 N–H and O–H groups in total. The summed E-state index contributed by atoms with van der Waals surface area (Å²) in [5.41, 5.74) is 6.52. The number of piperidine rings is 1. The number of benzene rings is 1. The predicted octanol–water partition coefficient (Wildman–Crippen LogP) is 3.15. The van der Waals surface area contributed by atoms with E-state index in [1.54, 1.807) is 6.07 Å². The van der Waals surface area contributed by atoms with Crippen molar-refractivity contribution in [2.75, 3.05) is 11.4 Å². The van der Waals surface area contributed by atoms with E-state index in [1.165, 1.54) is 25.0 Å². The minimum Gasteiger partial charge on any atom is -0.368 e. The molecular weight excluding hydrogens is 253 g/mol. The van der Waals surface area contributed by atoms with Crippen molar-refractivity contribution in [2.24, 2.45) is 11.7 Å². The fourth-order valence-corrected chi connectivity index (χ4v) is 3.43. The topological polar surface area (TPSA) is 29.3 Å². The van der Waals surface area contributed by atoms with Crippen molar-refractivity contribution in [3.05, 3.63) is 29.3 Å². The highest BCUT2D eigenvalue weighted by molar-refractivity contribution is 5.57. The Labute approximate surface area is 110 Å². The van der Waals surface area contributed by atoms with Crippen LogP contribution in [0.2, 0.25) is 0 Å². The van der Waals surface area contributed by atoms with Gasteiger partial charge in [-0.1, -0.05) is 0 Å². The molecule has 2 fully saturated rings. The lowest BCUT2D eigenvalue weighted by Gasteiger charge is -2.31. The third kappa shape index (κ3) is 2.20. The van der Waals surface area contributed by atoms with Gasteiger partial charge < -0.3 is 10.6 Å². The molecule has 2 atom stereocenters. The smallest absolute Gasteiger partial charge is 0.368 e. The molecule has 1 aromatic rings. The van der Waals surface area contributed by atoms with Crippen molar-refractivity contribution in [1.29, 1.82) is 0 Å². The molecule has 1 aromatic carbocycles. The zero-order valence-corrected chi connectivity index (χ0v) is 10.6. The number of halogens is 3. The van der Waals surface area contributed by atoms with Crippen LogP contribution in [0.3, 0.4) is 0 Å². The maximum Gasteiger partial charge on any atom is 0.416 e. The SMILES string of the molecule is NCc1cc(C(F)(F)F)ccc1N1CC2CCC1C2. The predicted molar refractivity (Wildman–Crippen MR) is 67.8 cm³/mol. The Hall–Kier alpha value is -1.23. The van der Waals surface area contributed by atoms with E-state index < -0.39 is 11.7 Å². The van der Waals surface area contributed by atoms with E-state index in [2.05, 4.69) is 4.90 Å². The van der Waals surface area contributed by atoms with Crippen LogP contribution in [0.1, 0.15) is 30.4 Å². The van der Waals surface area contributed by atoms with Crippen LogP contribution in [-0.2, 0) is 12.7 Å². The van der Waals surface area contributed by atoms with Gasteiger partial charge in [-0.05, 0) is 48.9 Å². The highest BCUT2D eigenvalue weighted by Crippen LogP contribution is 2.42. The van der Waals surface area contributed by atoms with Crippen molar-refractivity contribution in [3.8, 4) is 0 Å². The molecule has 104 valence electrons. The number of alkyl halides is 3. The van der Waals surface area contributed by atoms with E-state index >= 15 is 0 Å². The van der Waals surface area contributed by atoms with E-state index in [9.17, 15) is 13.2 Å². The van der Waals surface area contributed by atoms with Crippen LogP contribution in [0.4, 0.5) is 18.9 Å². The molecule has 2 unspecified atom stereocenters. The summed E-state index contributed by atoms with van der Waals surface area (Å²) in [5.74, 6) is 0.706. The van der Waals surface area contributed by atoms with Gasteiger partial charge in [-0.3, -0.25) is 0 Å². The van der Waals surface area contributed by atoms with Gasteiger partial charge in [0.2, 0.25) is 0 Å². The lowest BCUT2D eigenvalue weighted by atomic mass is 10.0. The van der Waals surface area contributed by atoms with Gasteiger partial charge in [0, 0.05) is 24.8 Å². The van der Waals surface area contributed by atoms with E-state index in [-0.39, 0.29) is 6.54 Å². The van der Waals surface area contributed by atoms with Crippen molar-refractivity contribution in [2.45, 2.75) is 38.0 Å². The molecule has 0 spiro atoms. The first kappa shape index (κ1) is 12.8. The molecule has 1 saturated carbocycles. The number of nitrogens with two attached hydrogens (primary N) is 1. The Morgan fingerprint density at radius 2 is 2.05 bits per heavy atom. The number of anilines is 1. The summed E-state index contributed by atoms with van der Waals surface area (Å²) in [7, 11) is 0. The number of rotatable bonds is 2. The van der Waals surface area contributed by atoms with E-state index in [1.807, 2.05) is 0 Å². The molecule has 0 amide bonds. The fraction of sp³-hybridized carbons (Fsp3) is 0.571. The van der Waals surface area contributed by atoms with Crippen LogP contribution >= 0.6 is 0 Å². The Morgan fingerprint density at radius 3 is 2.58 bits per heavy atom. The Kier molecular flexibility index (Phi) is 2.96. The van der Waals surface area contributed by atoms with Crippen molar-refractivity contribution in [3.63, 3.8) is 0 Å². The van der Waals surface area contributed by atoms with Crippen molar-refractivity contribution in [1.82, 2.24) is 0 Å². The minimum absolute atomic E-state index is 0.146. The van der Waals surface area contributed by atoms with E-state index in [0.717, 1.165) is 18.7 Å². The molecule has 19 heavy (non-hydrogen) atoms. The zero-order chi connectivity index (χ0) is 13.6. The summed E-state index contributed by atoms with van der Waals surface area (Å²) < 4.78 is 38.1. The van der Waals surface area contributed by atoms with Crippen molar-refractivity contribution < 1.29 is 13.2 Å². The monoisotopic (exact) mass is 270 g/mol. The van der Waals surface area contributed by atoms with Gasteiger partial charge in [-0.2, -0.15) is 13.2 Å². The summed E-state index contributed by atoms with van der Waals surface area (Å²) in [6, 6.07) is 4.44. The first-order valence-electron chi connectivity index (χ1n) is 6.66. The van der Waals surface area contributed by atoms with Crippen LogP contribution in [0.5, 0.6) is 0 Å². The van der Waals surface area contributed by atoms with E-state index in [0.29, 0.717) is 17.5 Å². The van der Waals surface area contributed by atoms with Crippen LogP contribution < -0.4 is 10.6 Å². The second-order valence-corrected chi connectivity index (χ2v) is 5.53. The second-order valence-electron chi connectivity index (χ2n) is 5.53. The molecule has 5 heteroatoms. The normalized spacial score (nSPS) is 26.2. The standard InChI is InChI=1S/C14H17F3N2/c15-14(16,17)11-2-4-13(10(6-11)7-18)19-8-9-1-3-12(19)5-9/h2,4,6,9,12H,1,3,5,7-8,18H2. The van der Waals surface area contributed by atoms with Gasteiger partial charge in [0.05, 0.1) is 5.56 Å². The molecule has 0 aromatic heterocycles. The molecule has 2 bridgehead atoms. The number of hydrogen-bond donors (Lipinski definition) is 1. The number of hydrogen-bond acceptors (Lipinski definition) is 2. The van der Waals surface area contributed by atoms with Crippen LogP contribution in [-0.4, -0.2) is 12.6 Å². The molecule has 1 aliphatic carbocycles. The van der Waals surface area contributed by atoms with Gasteiger partial charge in [0.1, 0.15) is 0 Å². The Morgan fingerprint density at radius 1 is 1.26 bits per heavy atom. The van der Waals surface area contributed by atoms with E-state index in [4.69, 9.17) is 5.73 Å². The summed E-state index contributed by atoms with van der Waals surface area (Å²) in [6.07, 6.45) is -0.729. The Bertz CT molecular complexity index is 484.